The van der Waals surface area contributed by atoms with Crippen molar-refractivity contribution >= 4 is 50.6 Å². The molecule has 1 N–H and O–H groups in total. The fourth-order valence-corrected chi connectivity index (χ4v) is 5.59. The first-order chi connectivity index (χ1) is 18.1. The summed E-state index contributed by atoms with van der Waals surface area (Å²) in [5, 5.41) is 3.42. The van der Waals surface area contributed by atoms with Crippen molar-refractivity contribution in [1.29, 1.82) is 0 Å². The van der Waals surface area contributed by atoms with Crippen LogP contribution in [0.3, 0.4) is 0 Å². The van der Waals surface area contributed by atoms with E-state index in [2.05, 4.69) is 5.32 Å². The average molecular weight is 567 g/mol. The maximum Gasteiger partial charge on any atom is 0.243 e. The zero-order chi connectivity index (χ0) is 27.3. The molecule has 4 aromatic rings. The molecule has 1 amide bonds. The number of anilines is 1. The van der Waals surface area contributed by atoms with Gasteiger partial charge in [-0.1, -0.05) is 83.4 Å². The largest absolute Gasteiger partial charge is 0.324 e. The molecule has 194 valence electrons. The van der Waals surface area contributed by atoms with Gasteiger partial charge in [0.05, 0.1) is 17.1 Å². The SMILES string of the molecule is Cc1cccc(CN(CC(=O)Nc2ccc(Cl)cc2C(=O)c2ccccc2)S(=O)(=O)c2ccc(Cl)cc2)c1. The number of aryl methyl sites for hydroxylation is 1. The number of amides is 1. The zero-order valence-electron chi connectivity index (χ0n) is 20.4. The van der Waals surface area contributed by atoms with Crippen LogP contribution in [0.25, 0.3) is 0 Å². The first-order valence-electron chi connectivity index (χ1n) is 11.6. The third-order valence-corrected chi connectivity index (χ3v) is 8.04. The van der Waals surface area contributed by atoms with Crippen molar-refractivity contribution < 1.29 is 18.0 Å². The molecule has 0 aliphatic heterocycles. The second-order valence-electron chi connectivity index (χ2n) is 8.65. The van der Waals surface area contributed by atoms with Gasteiger partial charge in [-0.05, 0) is 55.0 Å². The molecule has 0 fully saturated rings. The highest BCUT2D eigenvalue weighted by atomic mass is 35.5. The predicted molar refractivity (Wildman–Crippen MR) is 150 cm³/mol. The predicted octanol–water partition coefficient (Wildman–Crippen LogP) is 6.36. The summed E-state index contributed by atoms with van der Waals surface area (Å²) in [6.07, 6.45) is 0. The Bertz CT molecular complexity index is 1570. The Morgan fingerprint density at radius 2 is 1.50 bits per heavy atom. The Morgan fingerprint density at radius 1 is 0.816 bits per heavy atom. The van der Waals surface area contributed by atoms with E-state index >= 15 is 0 Å². The Morgan fingerprint density at radius 3 is 2.18 bits per heavy atom. The summed E-state index contributed by atoms with van der Waals surface area (Å²) >= 11 is 12.1. The molecule has 0 aromatic heterocycles. The quantitative estimate of drug-likeness (QED) is 0.239. The van der Waals surface area contributed by atoms with Crippen molar-refractivity contribution in [2.24, 2.45) is 0 Å². The van der Waals surface area contributed by atoms with Crippen LogP contribution in [0, 0.1) is 6.92 Å². The lowest BCUT2D eigenvalue weighted by Gasteiger charge is -2.22. The third kappa shape index (κ3) is 6.68. The first kappa shape index (κ1) is 27.5. The molecule has 4 aromatic carbocycles. The number of carbonyl (C=O) groups is 2. The van der Waals surface area contributed by atoms with Crippen LogP contribution in [0.4, 0.5) is 5.69 Å². The maximum atomic E-state index is 13.6. The van der Waals surface area contributed by atoms with Crippen molar-refractivity contribution in [3.05, 3.63) is 129 Å². The van der Waals surface area contributed by atoms with Crippen LogP contribution < -0.4 is 5.32 Å². The molecule has 0 saturated carbocycles. The van der Waals surface area contributed by atoms with Crippen molar-refractivity contribution in [1.82, 2.24) is 4.31 Å². The van der Waals surface area contributed by atoms with Gasteiger partial charge in [-0.2, -0.15) is 4.31 Å². The molecule has 0 aliphatic carbocycles. The number of benzene rings is 4. The number of rotatable bonds is 9. The van der Waals surface area contributed by atoms with Gasteiger partial charge in [-0.3, -0.25) is 9.59 Å². The summed E-state index contributed by atoms with van der Waals surface area (Å²) in [6.45, 7) is 1.39. The van der Waals surface area contributed by atoms with Crippen molar-refractivity contribution in [2.75, 3.05) is 11.9 Å². The molecule has 0 unspecified atom stereocenters. The minimum Gasteiger partial charge on any atom is -0.324 e. The average Bonchev–Trinajstić information content (AvgIpc) is 2.89. The lowest BCUT2D eigenvalue weighted by Crippen LogP contribution is -2.37. The van der Waals surface area contributed by atoms with Gasteiger partial charge in [-0.25, -0.2) is 8.42 Å². The molecule has 4 rings (SSSR count). The number of carbonyl (C=O) groups excluding carboxylic acids is 2. The minimum absolute atomic E-state index is 0.00814. The number of hydrogen-bond donors (Lipinski definition) is 1. The molecular formula is C29H24Cl2N2O4S. The smallest absolute Gasteiger partial charge is 0.243 e. The number of ketones is 1. The highest BCUT2D eigenvalue weighted by molar-refractivity contribution is 7.89. The van der Waals surface area contributed by atoms with Gasteiger partial charge in [0.25, 0.3) is 0 Å². The Balaban J connectivity index is 1.63. The zero-order valence-corrected chi connectivity index (χ0v) is 22.7. The third-order valence-electron chi connectivity index (χ3n) is 5.75. The molecule has 0 heterocycles. The first-order valence-corrected chi connectivity index (χ1v) is 13.8. The van der Waals surface area contributed by atoms with E-state index in [0.29, 0.717) is 15.6 Å². The van der Waals surface area contributed by atoms with E-state index in [4.69, 9.17) is 23.2 Å². The molecule has 38 heavy (non-hydrogen) atoms. The molecular weight excluding hydrogens is 543 g/mol. The summed E-state index contributed by atoms with van der Waals surface area (Å²) in [7, 11) is -4.07. The van der Waals surface area contributed by atoms with Crippen LogP contribution in [-0.4, -0.2) is 31.0 Å². The number of nitrogens with one attached hydrogen (secondary N) is 1. The Kier molecular flexibility index (Phi) is 8.64. The number of nitrogens with zero attached hydrogens (tertiary/aromatic N) is 1. The van der Waals surface area contributed by atoms with E-state index in [9.17, 15) is 18.0 Å². The number of hydrogen-bond acceptors (Lipinski definition) is 4. The second-order valence-corrected chi connectivity index (χ2v) is 11.5. The van der Waals surface area contributed by atoms with Gasteiger partial charge < -0.3 is 5.32 Å². The van der Waals surface area contributed by atoms with Crippen LogP contribution in [0.2, 0.25) is 10.0 Å². The number of halogens is 2. The summed E-state index contributed by atoms with van der Waals surface area (Å²) < 4.78 is 28.2. The van der Waals surface area contributed by atoms with Gasteiger partial charge in [0.15, 0.2) is 5.78 Å². The van der Waals surface area contributed by atoms with Gasteiger partial charge in [0, 0.05) is 27.7 Å². The van der Waals surface area contributed by atoms with E-state index in [0.717, 1.165) is 15.4 Å². The standard InChI is InChI=1S/C29H24Cl2N2O4S/c1-20-6-5-7-21(16-20)18-33(38(36,37)25-13-10-23(30)11-14-25)19-28(34)32-27-15-12-24(31)17-26(27)29(35)22-8-3-2-4-9-22/h2-17H,18-19H2,1H3,(H,32,34). The highest BCUT2D eigenvalue weighted by Crippen LogP contribution is 2.25. The van der Waals surface area contributed by atoms with Crippen molar-refractivity contribution in [3.63, 3.8) is 0 Å². The molecule has 9 heteroatoms. The second kappa shape index (κ2) is 11.9. The van der Waals surface area contributed by atoms with Gasteiger partial charge >= 0.3 is 0 Å². The van der Waals surface area contributed by atoms with E-state index in [1.54, 1.807) is 42.5 Å². The van der Waals surface area contributed by atoms with Gasteiger partial charge in [-0.15, -0.1) is 0 Å². The summed E-state index contributed by atoms with van der Waals surface area (Å²) in [6, 6.07) is 26.3. The monoisotopic (exact) mass is 566 g/mol. The fourth-order valence-electron chi connectivity index (χ4n) is 3.90. The Hall–Kier alpha value is -3.49. The van der Waals surface area contributed by atoms with Gasteiger partial charge in [0.2, 0.25) is 15.9 Å². The summed E-state index contributed by atoms with van der Waals surface area (Å²) in [5.74, 6) is -0.937. The lowest BCUT2D eigenvalue weighted by atomic mass is 10.0. The summed E-state index contributed by atoms with van der Waals surface area (Å²) in [4.78, 5) is 26.4. The van der Waals surface area contributed by atoms with E-state index in [1.165, 1.54) is 36.4 Å². The molecule has 0 aliphatic rings. The van der Waals surface area contributed by atoms with E-state index < -0.39 is 22.5 Å². The van der Waals surface area contributed by atoms with Crippen LogP contribution in [-0.2, 0) is 21.4 Å². The van der Waals surface area contributed by atoms with Crippen LogP contribution in [0.5, 0.6) is 0 Å². The van der Waals surface area contributed by atoms with E-state index in [-0.39, 0.29) is 28.5 Å². The number of sulfonamides is 1. The van der Waals surface area contributed by atoms with Crippen molar-refractivity contribution in [3.8, 4) is 0 Å². The topological polar surface area (TPSA) is 83.6 Å². The maximum absolute atomic E-state index is 13.6. The molecule has 0 atom stereocenters. The van der Waals surface area contributed by atoms with Crippen LogP contribution >= 0.6 is 23.2 Å². The van der Waals surface area contributed by atoms with Gasteiger partial charge in [0.1, 0.15) is 0 Å². The summed E-state index contributed by atoms with van der Waals surface area (Å²) in [5.41, 5.74) is 2.54. The normalized spacial score (nSPS) is 11.4. The molecule has 0 radical (unpaired) electrons. The van der Waals surface area contributed by atoms with Crippen LogP contribution in [0.1, 0.15) is 27.0 Å². The highest BCUT2D eigenvalue weighted by Gasteiger charge is 2.28. The fraction of sp³-hybridized carbons (Fsp3) is 0.103. The Labute approximate surface area is 231 Å². The molecule has 0 bridgehead atoms. The molecule has 0 spiro atoms. The van der Waals surface area contributed by atoms with Crippen LogP contribution in [0.15, 0.2) is 102 Å². The lowest BCUT2D eigenvalue weighted by molar-refractivity contribution is -0.116. The van der Waals surface area contributed by atoms with E-state index in [1.807, 2.05) is 25.1 Å². The molecule has 6 nitrogen and oxygen atoms in total. The minimum atomic E-state index is -4.07. The molecule has 0 saturated heterocycles. The van der Waals surface area contributed by atoms with Crippen molar-refractivity contribution in [2.45, 2.75) is 18.4 Å².